The van der Waals surface area contributed by atoms with Crippen molar-refractivity contribution in [2.24, 2.45) is 7.05 Å². The lowest BCUT2D eigenvalue weighted by Gasteiger charge is -2.33. The summed E-state index contributed by atoms with van der Waals surface area (Å²) in [5.74, 6) is -1.40. The third kappa shape index (κ3) is 2.48. The molecule has 0 aromatic carbocycles. The number of aryl methyl sites for hydroxylation is 2. The molecule has 3 amide bonds. The van der Waals surface area contributed by atoms with Crippen LogP contribution in [0.25, 0.3) is 0 Å². The maximum atomic E-state index is 12.7. The largest absolute Gasteiger partial charge is 0.395 e. The van der Waals surface area contributed by atoms with Crippen LogP contribution in [0, 0.1) is 0 Å². The van der Waals surface area contributed by atoms with E-state index in [9.17, 15) is 14.4 Å². The number of anilines is 1. The summed E-state index contributed by atoms with van der Waals surface area (Å²) >= 11 is 0. The van der Waals surface area contributed by atoms with Crippen molar-refractivity contribution in [2.45, 2.75) is 32.7 Å². The fraction of sp³-hybridized carbons (Fsp3) is 0.538. The van der Waals surface area contributed by atoms with Gasteiger partial charge in [-0.3, -0.25) is 24.4 Å². The molecule has 0 radical (unpaired) electrons. The first-order valence-electron chi connectivity index (χ1n) is 6.86. The SMILES string of the molecule is CCc1nn(C)c(C(=O)N2CC(=O)NC(=O)C2CC)c1N. The Hall–Kier alpha value is -2.38. The van der Waals surface area contributed by atoms with Gasteiger partial charge in [-0.2, -0.15) is 5.10 Å². The maximum absolute atomic E-state index is 12.7. The van der Waals surface area contributed by atoms with Crippen LogP contribution in [0.15, 0.2) is 0 Å². The minimum atomic E-state index is -0.672. The topological polar surface area (TPSA) is 110 Å². The summed E-state index contributed by atoms with van der Waals surface area (Å²) in [4.78, 5) is 37.3. The second-order valence-corrected chi connectivity index (χ2v) is 4.96. The molecule has 8 heteroatoms. The van der Waals surface area contributed by atoms with Crippen LogP contribution >= 0.6 is 0 Å². The number of hydrogen-bond donors (Lipinski definition) is 2. The van der Waals surface area contributed by atoms with Crippen molar-refractivity contribution < 1.29 is 14.4 Å². The lowest BCUT2D eigenvalue weighted by atomic mass is 10.1. The zero-order valence-electron chi connectivity index (χ0n) is 12.3. The van der Waals surface area contributed by atoms with Gasteiger partial charge in [-0.15, -0.1) is 0 Å². The highest BCUT2D eigenvalue weighted by molar-refractivity contribution is 6.08. The van der Waals surface area contributed by atoms with E-state index in [0.29, 0.717) is 24.2 Å². The van der Waals surface area contributed by atoms with E-state index in [1.54, 1.807) is 14.0 Å². The molecule has 0 aliphatic carbocycles. The molecule has 1 aromatic rings. The Morgan fingerprint density at radius 3 is 2.62 bits per heavy atom. The van der Waals surface area contributed by atoms with E-state index in [0.717, 1.165) is 0 Å². The van der Waals surface area contributed by atoms with Crippen LogP contribution in [0.4, 0.5) is 5.69 Å². The molecule has 2 heterocycles. The van der Waals surface area contributed by atoms with Gasteiger partial charge < -0.3 is 10.6 Å². The van der Waals surface area contributed by atoms with Gasteiger partial charge in [-0.25, -0.2) is 0 Å². The molecule has 21 heavy (non-hydrogen) atoms. The predicted molar refractivity (Wildman–Crippen MR) is 75.3 cm³/mol. The number of aromatic nitrogens is 2. The molecule has 1 aliphatic heterocycles. The summed E-state index contributed by atoms with van der Waals surface area (Å²) in [5, 5.41) is 6.43. The van der Waals surface area contributed by atoms with E-state index in [4.69, 9.17) is 5.73 Å². The molecule has 0 bridgehead atoms. The van der Waals surface area contributed by atoms with Crippen molar-refractivity contribution in [3.05, 3.63) is 11.4 Å². The number of rotatable bonds is 3. The molecule has 1 unspecified atom stereocenters. The summed E-state index contributed by atoms with van der Waals surface area (Å²) in [6.07, 6.45) is 1.02. The van der Waals surface area contributed by atoms with E-state index < -0.39 is 23.8 Å². The van der Waals surface area contributed by atoms with Crippen LogP contribution in [0.1, 0.15) is 36.5 Å². The average molecular weight is 293 g/mol. The van der Waals surface area contributed by atoms with Crippen molar-refractivity contribution in [1.29, 1.82) is 0 Å². The number of piperazine rings is 1. The second kappa shape index (κ2) is 5.55. The lowest BCUT2D eigenvalue weighted by molar-refractivity contribution is -0.138. The summed E-state index contributed by atoms with van der Waals surface area (Å²) in [5.41, 5.74) is 7.11. The standard InChI is InChI=1S/C13H19N5O3/c1-4-7-10(14)11(17(3)16-7)13(21)18-6-9(19)15-12(20)8(18)5-2/h8H,4-6,14H2,1-3H3,(H,15,19,20). The molecular formula is C13H19N5O3. The first-order valence-corrected chi connectivity index (χ1v) is 6.86. The van der Waals surface area contributed by atoms with Crippen molar-refractivity contribution >= 4 is 23.4 Å². The van der Waals surface area contributed by atoms with Crippen molar-refractivity contribution in [2.75, 3.05) is 12.3 Å². The summed E-state index contributed by atoms with van der Waals surface area (Å²) in [6, 6.07) is -0.672. The zero-order chi connectivity index (χ0) is 15.7. The Kier molecular flexibility index (Phi) is 3.97. The van der Waals surface area contributed by atoms with E-state index in [1.165, 1.54) is 9.58 Å². The Labute approximate surface area is 122 Å². The van der Waals surface area contributed by atoms with Crippen LogP contribution < -0.4 is 11.1 Å². The van der Waals surface area contributed by atoms with Gasteiger partial charge >= 0.3 is 0 Å². The van der Waals surface area contributed by atoms with Gasteiger partial charge in [-0.05, 0) is 12.8 Å². The summed E-state index contributed by atoms with van der Waals surface area (Å²) in [6.45, 7) is 3.51. The molecular weight excluding hydrogens is 274 g/mol. The number of amides is 3. The molecule has 1 aliphatic rings. The number of hydrogen-bond acceptors (Lipinski definition) is 5. The van der Waals surface area contributed by atoms with Crippen LogP contribution in [-0.2, 0) is 23.1 Å². The molecule has 114 valence electrons. The van der Waals surface area contributed by atoms with Gasteiger partial charge in [0.25, 0.3) is 5.91 Å². The van der Waals surface area contributed by atoms with Gasteiger partial charge in [0.15, 0.2) is 0 Å². The lowest BCUT2D eigenvalue weighted by Crippen LogP contribution is -2.59. The molecule has 2 rings (SSSR count). The van der Waals surface area contributed by atoms with E-state index in [2.05, 4.69) is 10.4 Å². The summed E-state index contributed by atoms with van der Waals surface area (Å²) in [7, 11) is 1.62. The van der Waals surface area contributed by atoms with Gasteiger partial charge in [0.05, 0.1) is 11.4 Å². The first kappa shape index (κ1) is 15.0. The van der Waals surface area contributed by atoms with E-state index in [-0.39, 0.29) is 12.2 Å². The van der Waals surface area contributed by atoms with Crippen molar-refractivity contribution in [1.82, 2.24) is 20.0 Å². The number of carbonyl (C=O) groups excluding carboxylic acids is 3. The highest BCUT2D eigenvalue weighted by Crippen LogP contribution is 2.21. The smallest absolute Gasteiger partial charge is 0.275 e. The molecule has 8 nitrogen and oxygen atoms in total. The van der Waals surface area contributed by atoms with Crippen molar-refractivity contribution in [3.8, 4) is 0 Å². The van der Waals surface area contributed by atoms with Gasteiger partial charge in [-0.1, -0.05) is 13.8 Å². The van der Waals surface area contributed by atoms with Crippen molar-refractivity contribution in [3.63, 3.8) is 0 Å². The number of nitrogens with one attached hydrogen (secondary N) is 1. The average Bonchev–Trinajstić information content (AvgIpc) is 2.71. The van der Waals surface area contributed by atoms with E-state index >= 15 is 0 Å². The molecule has 1 saturated heterocycles. The highest BCUT2D eigenvalue weighted by Gasteiger charge is 2.37. The minimum Gasteiger partial charge on any atom is -0.395 e. The third-order valence-corrected chi connectivity index (χ3v) is 3.60. The Morgan fingerprint density at radius 2 is 2.10 bits per heavy atom. The number of nitrogens with two attached hydrogens (primary N) is 1. The van der Waals surface area contributed by atoms with Crippen LogP contribution in [0.3, 0.4) is 0 Å². The third-order valence-electron chi connectivity index (χ3n) is 3.60. The van der Waals surface area contributed by atoms with Gasteiger partial charge in [0.2, 0.25) is 11.8 Å². The molecule has 1 fully saturated rings. The number of nitrogens with zero attached hydrogens (tertiary/aromatic N) is 3. The Morgan fingerprint density at radius 1 is 1.43 bits per heavy atom. The zero-order valence-corrected chi connectivity index (χ0v) is 12.3. The summed E-state index contributed by atoms with van der Waals surface area (Å²) < 4.78 is 1.40. The normalized spacial score (nSPS) is 18.8. The number of carbonyl (C=O) groups is 3. The molecule has 0 saturated carbocycles. The fourth-order valence-electron chi connectivity index (χ4n) is 2.53. The van der Waals surface area contributed by atoms with Gasteiger partial charge in [0, 0.05) is 7.05 Å². The maximum Gasteiger partial charge on any atom is 0.275 e. The molecule has 3 N–H and O–H groups in total. The molecule has 0 spiro atoms. The second-order valence-electron chi connectivity index (χ2n) is 4.96. The number of imide groups is 1. The Bertz CT molecular complexity index is 607. The molecule has 1 atom stereocenters. The predicted octanol–water partition coefficient (Wildman–Crippen LogP) is -0.558. The fourth-order valence-corrected chi connectivity index (χ4v) is 2.53. The van der Waals surface area contributed by atoms with Gasteiger partial charge in [0.1, 0.15) is 18.3 Å². The van der Waals surface area contributed by atoms with Crippen LogP contribution in [-0.4, -0.2) is 45.0 Å². The van der Waals surface area contributed by atoms with Crippen LogP contribution in [0.5, 0.6) is 0 Å². The first-order chi connectivity index (χ1) is 9.90. The number of nitrogen functional groups attached to an aromatic ring is 1. The van der Waals surface area contributed by atoms with Crippen LogP contribution in [0.2, 0.25) is 0 Å². The molecule has 1 aromatic heterocycles. The minimum absolute atomic E-state index is 0.158. The Balaban J connectivity index is 2.40. The quantitative estimate of drug-likeness (QED) is 0.726. The monoisotopic (exact) mass is 293 g/mol. The van der Waals surface area contributed by atoms with E-state index in [1.807, 2.05) is 6.92 Å². The highest BCUT2D eigenvalue weighted by atomic mass is 16.2.